The van der Waals surface area contributed by atoms with E-state index >= 15 is 0 Å². The zero-order valence-electron chi connectivity index (χ0n) is 39.5. The van der Waals surface area contributed by atoms with Crippen molar-refractivity contribution in [3.05, 3.63) is 87.7 Å². The van der Waals surface area contributed by atoms with Crippen molar-refractivity contribution in [1.82, 2.24) is 10.2 Å². The number of alkyl carbamates (subject to hydrolysis) is 1. The van der Waals surface area contributed by atoms with Gasteiger partial charge in [-0.2, -0.15) is 8.78 Å². The smallest absolute Gasteiger partial charge is 0.410 e. The summed E-state index contributed by atoms with van der Waals surface area (Å²) in [6.07, 6.45) is 2.58. The van der Waals surface area contributed by atoms with Crippen LogP contribution in [0.2, 0.25) is 5.02 Å². The van der Waals surface area contributed by atoms with Gasteiger partial charge in [0.15, 0.2) is 11.6 Å². The number of benzene rings is 2. The molecule has 2 aromatic rings. The molecule has 1 unspecified atom stereocenters. The zero-order valence-corrected chi connectivity index (χ0v) is 41.9. The van der Waals surface area contributed by atoms with Crippen molar-refractivity contribution in [3.63, 3.8) is 0 Å². The van der Waals surface area contributed by atoms with Crippen LogP contribution in [0.5, 0.6) is 11.5 Å². The molecule has 22 heteroatoms. The van der Waals surface area contributed by atoms with Gasteiger partial charge in [-0.1, -0.05) is 70.8 Å². The highest BCUT2D eigenvalue weighted by Gasteiger charge is 2.64. The quantitative estimate of drug-likeness (QED) is 0.0352. The van der Waals surface area contributed by atoms with E-state index in [2.05, 4.69) is 10.1 Å². The summed E-state index contributed by atoms with van der Waals surface area (Å²) in [7, 11) is 8.36. The van der Waals surface area contributed by atoms with Crippen molar-refractivity contribution in [2.75, 3.05) is 39.0 Å². The molecule has 378 valence electrons. The fourth-order valence-corrected chi connectivity index (χ4v) is 10.4. The maximum atomic E-state index is 14.3. The molecule has 4 bridgehead atoms. The molecule has 15 nitrogen and oxygen atoms in total. The number of hydrogen-bond donors (Lipinski definition) is 2. The number of amides is 3. The summed E-state index contributed by atoms with van der Waals surface area (Å²) in [5.74, 6) is -11.4. The van der Waals surface area contributed by atoms with E-state index in [0.717, 1.165) is 11.1 Å². The first-order valence-electron chi connectivity index (χ1n) is 21.8. The summed E-state index contributed by atoms with van der Waals surface area (Å²) in [6, 6.07) is 2.37. The van der Waals surface area contributed by atoms with Gasteiger partial charge in [-0.25, -0.2) is 18.4 Å². The zero-order chi connectivity index (χ0) is 51.1. The number of anilines is 1. The predicted octanol–water partition coefficient (Wildman–Crippen LogP) is 8.13. The molecule has 0 spiro atoms. The molecule has 0 radical (unpaired) electrons. The Hall–Kier alpha value is -4.96. The van der Waals surface area contributed by atoms with E-state index in [1.165, 1.54) is 72.7 Å². The molecule has 2 saturated heterocycles. The minimum atomic E-state index is -1.97. The van der Waals surface area contributed by atoms with E-state index in [9.17, 15) is 46.6 Å². The second-order valence-electron chi connectivity index (χ2n) is 17.2. The van der Waals surface area contributed by atoms with Gasteiger partial charge in [0.1, 0.15) is 40.4 Å². The average molecular weight is 1030 g/mol. The van der Waals surface area contributed by atoms with E-state index in [1.54, 1.807) is 45.1 Å². The average Bonchev–Trinajstić information content (AvgIpc) is 4.00. The Morgan fingerprint density at radius 1 is 1.04 bits per heavy atom. The molecule has 0 aromatic heterocycles. The standard InChI is InChI=1S/C47H56ClF4N3O12S2/c1-24-12-10-11-13-34(63-9)47(61)23-33(64-45(60)53-47)26(3)43-46(5,67-43)35(22-37(57)55(7)31-19-28(18-24)20-32(62-8)39(31)48)65-44(59)27(4)54(6)36(56)16-17-68-69-25(2)14-15-38(58)66-42-40(51)29(49)21-30(50)41(42)52/h10-13,19-21,25-27,33,35,43,61H,14-18,22-23H2,1-9H3,(H,53,60)/b11-10+,24-12+,34-13?/t25?,26-,27+,33+,35+,43+,46+,47+/m1/s1. The summed E-state index contributed by atoms with van der Waals surface area (Å²) in [4.78, 5) is 69.3. The lowest BCUT2D eigenvalue weighted by Gasteiger charge is -2.39. The number of allylic oxidation sites excluding steroid dienone is 5. The molecular weight excluding hydrogens is 974 g/mol. The minimum Gasteiger partial charge on any atom is -0.496 e. The Morgan fingerprint density at radius 3 is 2.36 bits per heavy atom. The highest BCUT2D eigenvalue weighted by molar-refractivity contribution is 8.76. The van der Waals surface area contributed by atoms with Gasteiger partial charge in [0.05, 0.1) is 32.4 Å². The number of likely N-dealkylation sites (N-methyl/N-ethyl adjacent to an activating group) is 1. The molecule has 2 N–H and O–H groups in total. The Morgan fingerprint density at radius 2 is 1.71 bits per heavy atom. The van der Waals surface area contributed by atoms with Crippen LogP contribution in [-0.2, 0) is 44.5 Å². The Balaban J connectivity index is 1.29. The lowest BCUT2D eigenvalue weighted by atomic mass is 9.84. The number of aliphatic hydroxyl groups is 1. The van der Waals surface area contributed by atoms with Gasteiger partial charge in [-0.15, -0.1) is 0 Å². The van der Waals surface area contributed by atoms with Gasteiger partial charge in [0, 0.05) is 56.3 Å². The second-order valence-corrected chi connectivity index (χ2v) is 20.5. The Bertz CT molecular complexity index is 2370. The van der Waals surface area contributed by atoms with Crippen molar-refractivity contribution < 1.29 is 75.1 Å². The van der Waals surface area contributed by atoms with Gasteiger partial charge in [0.2, 0.25) is 34.9 Å². The number of carbonyl (C=O) groups is 5. The van der Waals surface area contributed by atoms with E-state index in [4.69, 9.17) is 35.3 Å². The maximum absolute atomic E-state index is 14.3. The molecule has 0 aliphatic carbocycles. The third-order valence-electron chi connectivity index (χ3n) is 12.1. The number of ether oxygens (including phenoxy) is 6. The number of nitrogens with zero attached hydrogens (tertiary/aromatic N) is 2. The summed E-state index contributed by atoms with van der Waals surface area (Å²) < 4.78 is 88.6. The van der Waals surface area contributed by atoms with Crippen LogP contribution in [0.15, 0.2) is 53.8 Å². The molecule has 2 fully saturated rings. The van der Waals surface area contributed by atoms with Crippen LogP contribution in [-0.4, -0.2) is 115 Å². The van der Waals surface area contributed by atoms with Gasteiger partial charge >= 0.3 is 18.0 Å². The molecular formula is C47H56ClF4N3O12S2. The van der Waals surface area contributed by atoms with E-state index in [0.29, 0.717) is 17.9 Å². The van der Waals surface area contributed by atoms with Crippen LogP contribution in [0.4, 0.5) is 28.0 Å². The first-order chi connectivity index (χ1) is 32.4. The predicted molar refractivity (Wildman–Crippen MR) is 251 cm³/mol. The summed E-state index contributed by atoms with van der Waals surface area (Å²) in [5.41, 5.74) is -1.30. The molecule has 3 amide bonds. The molecule has 5 rings (SSSR count). The summed E-state index contributed by atoms with van der Waals surface area (Å²) in [5, 5.41) is 14.1. The van der Waals surface area contributed by atoms with Gasteiger partial charge < -0.3 is 43.3 Å². The fraction of sp³-hybridized carbons (Fsp3) is 0.511. The van der Waals surface area contributed by atoms with Crippen molar-refractivity contribution in [3.8, 4) is 11.5 Å². The van der Waals surface area contributed by atoms with E-state index < -0.39 is 107 Å². The van der Waals surface area contributed by atoms with Crippen LogP contribution in [0, 0.1) is 29.2 Å². The summed E-state index contributed by atoms with van der Waals surface area (Å²) in [6.45, 7) is 8.51. The molecule has 3 aliphatic rings. The first kappa shape index (κ1) is 55.0. The van der Waals surface area contributed by atoms with Crippen LogP contribution >= 0.6 is 33.2 Å². The SMILES string of the molecule is COC1=C/C=C/C=C(\C)Cc2cc(OC)c(Cl)c(c2)N(C)C(=O)C[C@H](OC(=O)[C@H](C)N(C)C(=O)CCSSC(C)CCC(=O)Oc2c(F)c(F)cc(F)c2F)[C@]2(C)O[C@H]2[C@H](C)[C@@H]2C[C@@]1(O)NC(=O)O2. The number of methoxy groups -OCH3 is 2. The third kappa shape index (κ3) is 13.3. The van der Waals surface area contributed by atoms with E-state index in [1.807, 2.05) is 13.0 Å². The molecule has 3 heterocycles. The molecule has 0 saturated carbocycles. The Kier molecular flexibility index (Phi) is 18.6. The highest BCUT2D eigenvalue weighted by Crippen LogP contribution is 2.49. The molecule has 2 aromatic carbocycles. The third-order valence-corrected chi connectivity index (χ3v) is 15.5. The van der Waals surface area contributed by atoms with Crippen molar-refractivity contribution in [2.45, 2.75) is 114 Å². The lowest BCUT2D eigenvalue weighted by molar-refractivity contribution is -0.162. The van der Waals surface area contributed by atoms with Crippen LogP contribution in [0.1, 0.15) is 72.3 Å². The van der Waals surface area contributed by atoms with Gasteiger partial charge in [-0.05, 0) is 57.4 Å². The number of epoxide rings is 1. The normalized spacial score (nSPS) is 26.0. The minimum absolute atomic E-state index is 0.00276. The lowest BCUT2D eigenvalue weighted by Crippen LogP contribution is -2.59. The second kappa shape index (κ2) is 23.3. The number of rotatable bonds is 14. The van der Waals surface area contributed by atoms with Gasteiger partial charge in [-0.3, -0.25) is 19.7 Å². The number of halogens is 5. The highest BCUT2D eigenvalue weighted by atomic mass is 35.5. The fourth-order valence-electron chi connectivity index (χ4n) is 7.80. The number of esters is 2. The molecule has 69 heavy (non-hydrogen) atoms. The van der Waals surface area contributed by atoms with Gasteiger partial charge in [0.25, 0.3) is 0 Å². The maximum Gasteiger partial charge on any atom is 0.410 e. The number of fused-ring (bicyclic) bond motifs is 5. The topological polar surface area (TPSA) is 183 Å². The van der Waals surface area contributed by atoms with Crippen molar-refractivity contribution >= 4 is 68.7 Å². The number of carbonyl (C=O) groups excluding carboxylic acids is 5. The van der Waals surface area contributed by atoms with Crippen LogP contribution in [0.3, 0.4) is 0 Å². The van der Waals surface area contributed by atoms with E-state index in [-0.39, 0.29) is 53.5 Å². The number of nitrogens with one attached hydrogen (secondary N) is 1. The van der Waals surface area contributed by atoms with Crippen LogP contribution in [0.25, 0.3) is 0 Å². The number of hydrogen-bond acceptors (Lipinski definition) is 14. The largest absolute Gasteiger partial charge is 0.496 e. The van der Waals surface area contributed by atoms with Crippen molar-refractivity contribution in [1.29, 1.82) is 0 Å². The monoisotopic (exact) mass is 1030 g/mol. The Labute approximate surface area is 410 Å². The molecule has 8 atom stereocenters. The molecule has 3 aliphatic heterocycles. The summed E-state index contributed by atoms with van der Waals surface area (Å²) >= 11 is 6.78. The van der Waals surface area contributed by atoms with Crippen LogP contribution < -0.4 is 19.7 Å². The van der Waals surface area contributed by atoms with Crippen molar-refractivity contribution in [2.24, 2.45) is 5.92 Å². The first-order valence-corrected chi connectivity index (χ1v) is 24.6.